The highest BCUT2D eigenvalue weighted by Crippen LogP contribution is 2.17. The number of carbonyl (C=O) groups excluding carboxylic acids is 2. The third-order valence-corrected chi connectivity index (χ3v) is 4.39. The number of imide groups is 1. The van der Waals surface area contributed by atoms with Crippen LogP contribution in [0.2, 0.25) is 0 Å². The standard InChI is InChI=1S/C17H32N4O4/c1-12(15(24)18-16(25)19-17(2,3)4)21-9-6-7-13(8-10-21)20(5)11-14(22)23/h12-13H,6-11H2,1-5H3,(H,22,23)(H2,18,19,24,25). The summed E-state index contributed by atoms with van der Waals surface area (Å²) in [5.74, 6) is -1.15. The van der Waals surface area contributed by atoms with Gasteiger partial charge in [-0.05, 0) is 60.5 Å². The summed E-state index contributed by atoms with van der Waals surface area (Å²) in [7, 11) is 1.82. The Morgan fingerprint density at radius 3 is 2.44 bits per heavy atom. The summed E-state index contributed by atoms with van der Waals surface area (Å²) in [6.45, 7) is 8.82. The van der Waals surface area contributed by atoms with E-state index in [9.17, 15) is 14.4 Å². The first-order valence-electron chi connectivity index (χ1n) is 8.78. The van der Waals surface area contributed by atoms with Crippen LogP contribution in [0.25, 0.3) is 0 Å². The number of nitrogens with one attached hydrogen (secondary N) is 2. The summed E-state index contributed by atoms with van der Waals surface area (Å²) in [6.07, 6.45) is 2.59. The molecule has 8 heteroatoms. The Kier molecular flexibility index (Phi) is 7.82. The van der Waals surface area contributed by atoms with Gasteiger partial charge in [-0.15, -0.1) is 0 Å². The zero-order valence-electron chi connectivity index (χ0n) is 16.0. The predicted molar refractivity (Wildman–Crippen MR) is 95.4 cm³/mol. The number of rotatable bonds is 5. The molecule has 0 radical (unpaired) electrons. The summed E-state index contributed by atoms with van der Waals surface area (Å²) in [6, 6.07) is -0.701. The number of urea groups is 1. The number of carboxylic acid groups (broad SMARTS) is 1. The third-order valence-electron chi connectivity index (χ3n) is 4.39. The maximum Gasteiger partial charge on any atom is 0.321 e. The summed E-state index contributed by atoms with van der Waals surface area (Å²) >= 11 is 0. The molecule has 2 unspecified atom stereocenters. The van der Waals surface area contributed by atoms with E-state index < -0.39 is 23.6 Å². The molecule has 8 nitrogen and oxygen atoms in total. The second kappa shape index (κ2) is 9.15. The van der Waals surface area contributed by atoms with Crippen LogP contribution >= 0.6 is 0 Å². The van der Waals surface area contributed by atoms with Gasteiger partial charge in [0.2, 0.25) is 5.91 Å². The van der Waals surface area contributed by atoms with Gasteiger partial charge < -0.3 is 10.4 Å². The fourth-order valence-corrected chi connectivity index (χ4v) is 3.03. The van der Waals surface area contributed by atoms with E-state index in [1.165, 1.54) is 0 Å². The molecule has 0 spiro atoms. The van der Waals surface area contributed by atoms with Crippen LogP contribution in [0.5, 0.6) is 0 Å². The van der Waals surface area contributed by atoms with Gasteiger partial charge in [-0.3, -0.25) is 24.7 Å². The lowest BCUT2D eigenvalue weighted by Gasteiger charge is -2.28. The van der Waals surface area contributed by atoms with Crippen molar-refractivity contribution in [2.75, 3.05) is 26.7 Å². The molecule has 3 N–H and O–H groups in total. The first kappa shape index (κ1) is 21.4. The first-order valence-corrected chi connectivity index (χ1v) is 8.78. The van der Waals surface area contributed by atoms with Gasteiger partial charge in [-0.1, -0.05) is 0 Å². The van der Waals surface area contributed by atoms with Gasteiger partial charge in [0.05, 0.1) is 12.6 Å². The number of hydrogen-bond donors (Lipinski definition) is 3. The zero-order valence-corrected chi connectivity index (χ0v) is 16.0. The van der Waals surface area contributed by atoms with Crippen LogP contribution in [0, 0.1) is 0 Å². The molecule has 0 aliphatic carbocycles. The molecule has 0 aromatic carbocycles. The molecular formula is C17H32N4O4. The molecule has 0 aromatic rings. The minimum Gasteiger partial charge on any atom is -0.480 e. The molecule has 0 bridgehead atoms. The molecule has 144 valence electrons. The Balaban J connectivity index is 2.53. The van der Waals surface area contributed by atoms with E-state index in [1.807, 2.05) is 37.6 Å². The molecule has 1 aliphatic heterocycles. The van der Waals surface area contributed by atoms with Gasteiger partial charge in [0.15, 0.2) is 0 Å². The summed E-state index contributed by atoms with van der Waals surface area (Å²) in [5, 5.41) is 14.0. The molecular weight excluding hydrogens is 324 g/mol. The second-order valence-electron chi connectivity index (χ2n) is 7.80. The maximum absolute atomic E-state index is 12.3. The Morgan fingerprint density at radius 1 is 1.24 bits per heavy atom. The van der Waals surface area contributed by atoms with Crippen LogP contribution in [0.4, 0.5) is 4.79 Å². The van der Waals surface area contributed by atoms with Crippen molar-refractivity contribution in [2.45, 2.75) is 64.6 Å². The largest absolute Gasteiger partial charge is 0.480 e. The molecule has 0 saturated carbocycles. The van der Waals surface area contributed by atoms with Crippen LogP contribution in [0.15, 0.2) is 0 Å². The average Bonchev–Trinajstić information content (AvgIpc) is 2.69. The molecule has 3 amide bonds. The lowest BCUT2D eigenvalue weighted by molar-refractivity contribution is -0.138. The number of nitrogens with zero attached hydrogens (tertiary/aromatic N) is 2. The predicted octanol–water partition coefficient (Wildman–Crippen LogP) is 0.870. The lowest BCUT2D eigenvalue weighted by atomic mass is 10.1. The Morgan fingerprint density at radius 2 is 1.88 bits per heavy atom. The van der Waals surface area contributed by atoms with Crippen molar-refractivity contribution < 1.29 is 19.5 Å². The average molecular weight is 356 g/mol. The second-order valence-corrected chi connectivity index (χ2v) is 7.80. The molecule has 1 heterocycles. The number of hydrogen-bond acceptors (Lipinski definition) is 5. The van der Waals surface area contributed by atoms with Gasteiger partial charge in [0.25, 0.3) is 0 Å². The Bertz CT molecular complexity index is 490. The number of aliphatic carboxylic acids is 1. The number of likely N-dealkylation sites (N-methyl/N-ethyl adjacent to an activating group) is 1. The number of carbonyl (C=O) groups is 3. The molecule has 0 aromatic heterocycles. The number of carboxylic acids is 1. The highest BCUT2D eigenvalue weighted by Gasteiger charge is 2.28. The highest BCUT2D eigenvalue weighted by molar-refractivity contribution is 5.97. The van der Waals surface area contributed by atoms with Crippen molar-refractivity contribution in [2.24, 2.45) is 0 Å². The molecule has 1 fully saturated rings. The Labute approximate surface area is 149 Å². The number of likely N-dealkylation sites (tertiary alicyclic amines) is 1. The van der Waals surface area contributed by atoms with E-state index in [0.29, 0.717) is 6.54 Å². The Hall–Kier alpha value is -1.67. The van der Waals surface area contributed by atoms with Gasteiger partial charge in [0, 0.05) is 18.1 Å². The topological polar surface area (TPSA) is 102 Å². The monoisotopic (exact) mass is 356 g/mol. The highest BCUT2D eigenvalue weighted by atomic mass is 16.4. The minimum absolute atomic E-state index is 0.0215. The van der Waals surface area contributed by atoms with E-state index in [0.717, 1.165) is 25.8 Å². The van der Waals surface area contributed by atoms with Crippen molar-refractivity contribution in [1.82, 2.24) is 20.4 Å². The summed E-state index contributed by atoms with van der Waals surface area (Å²) in [5.41, 5.74) is -0.405. The summed E-state index contributed by atoms with van der Waals surface area (Å²) in [4.78, 5) is 38.9. The minimum atomic E-state index is -0.832. The van der Waals surface area contributed by atoms with Gasteiger partial charge in [0.1, 0.15) is 0 Å². The summed E-state index contributed by atoms with van der Waals surface area (Å²) < 4.78 is 0. The van der Waals surface area contributed by atoms with Crippen LogP contribution in [-0.4, -0.2) is 77.1 Å². The quantitative estimate of drug-likeness (QED) is 0.676. The molecule has 1 saturated heterocycles. The van der Waals surface area contributed by atoms with Crippen LogP contribution < -0.4 is 10.6 Å². The van der Waals surface area contributed by atoms with Crippen molar-refractivity contribution >= 4 is 17.9 Å². The van der Waals surface area contributed by atoms with E-state index in [1.54, 1.807) is 6.92 Å². The van der Waals surface area contributed by atoms with E-state index in [-0.39, 0.29) is 18.5 Å². The smallest absolute Gasteiger partial charge is 0.321 e. The van der Waals surface area contributed by atoms with E-state index >= 15 is 0 Å². The van der Waals surface area contributed by atoms with Gasteiger partial charge in [-0.25, -0.2) is 4.79 Å². The lowest BCUT2D eigenvalue weighted by Crippen LogP contribution is -2.53. The van der Waals surface area contributed by atoms with Gasteiger partial charge >= 0.3 is 12.0 Å². The zero-order chi connectivity index (χ0) is 19.2. The van der Waals surface area contributed by atoms with Crippen molar-refractivity contribution in [3.8, 4) is 0 Å². The van der Waals surface area contributed by atoms with Gasteiger partial charge in [-0.2, -0.15) is 0 Å². The SMILES string of the molecule is CC(C(=O)NC(=O)NC(C)(C)C)N1CCCC(N(C)CC(=O)O)CC1. The van der Waals surface area contributed by atoms with Crippen LogP contribution in [-0.2, 0) is 9.59 Å². The first-order chi connectivity index (χ1) is 11.5. The van der Waals surface area contributed by atoms with Crippen molar-refractivity contribution in [3.63, 3.8) is 0 Å². The number of amides is 3. The van der Waals surface area contributed by atoms with Crippen molar-refractivity contribution in [1.29, 1.82) is 0 Å². The van der Waals surface area contributed by atoms with Crippen LogP contribution in [0.1, 0.15) is 47.0 Å². The molecule has 25 heavy (non-hydrogen) atoms. The van der Waals surface area contributed by atoms with Crippen molar-refractivity contribution in [3.05, 3.63) is 0 Å². The van der Waals surface area contributed by atoms with E-state index in [2.05, 4.69) is 10.6 Å². The third kappa shape index (κ3) is 7.83. The van der Waals surface area contributed by atoms with E-state index in [4.69, 9.17) is 5.11 Å². The molecule has 1 aliphatic rings. The molecule has 2 atom stereocenters. The molecule has 1 rings (SSSR count). The fourth-order valence-electron chi connectivity index (χ4n) is 3.03. The van der Waals surface area contributed by atoms with Crippen LogP contribution in [0.3, 0.4) is 0 Å². The fraction of sp³-hybridized carbons (Fsp3) is 0.824. The maximum atomic E-state index is 12.3. The normalized spacial score (nSPS) is 20.6.